The highest BCUT2D eigenvalue weighted by atomic mass is 32.2. The summed E-state index contributed by atoms with van der Waals surface area (Å²) < 4.78 is 4.01. The van der Waals surface area contributed by atoms with Crippen LogP contribution in [0, 0.1) is 0 Å². The Bertz CT molecular complexity index is 530. The highest BCUT2D eigenvalue weighted by Gasteiger charge is 2.14. The van der Waals surface area contributed by atoms with Gasteiger partial charge in [0.1, 0.15) is 5.82 Å². The number of nitrogens with zero attached hydrogens (tertiary/aromatic N) is 5. The molecule has 0 aliphatic heterocycles. The monoisotopic (exact) mass is 280 g/mol. The molecule has 7 heteroatoms. The van der Waals surface area contributed by atoms with Crippen molar-refractivity contribution in [3.8, 4) is 0 Å². The number of nitrogens with two attached hydrogens (primary N) is 1. The molecule has 0 saturated heterocycles. The lowest BCUT2D eigenvalue weighted by Gasteiger charge is -2.12. The molecule has 0 atom stereocenters. The molecule has 0 unspecified atom stereocenters. The van der Waals surface area contributed by atoms with Gasteiger partial charge in [-0.2, -0.15) is 5.10 Å². The molecule has 0 aliphatic rings. The Labute approximate surface area is 117 Å². The summed E-state index contributed by atoms with van der Waals surface area (Å²) in [5.74, 6) is 1.80. The van der Waals surface area contributed by atoms with Gasteiger partial charge in [0.15, 0.2) is 5.16 Å². The van der Waals surface area contributed by atoms with Gasteiger partial charge in [0.2, 0.25) is 0 Å². The maximum absolute atomic E-state index is 5.68. The Morgan fingerprint density at radius 3 is 2.74 bits per heavy atom. The molecule has 0 amide bonds. The standard InChI is InChI=1S/C12H20N6S/c1-9(2)18-11(8-13)15-16-12(18)19-7-5-10-4-6-14-17(10)3/h4,6,9H,5,7-8,13H2,1-3H3. The van der Waals surface area contributed by atoms with Gasteiger partial charge in [-0.3, -0.25) is 4.68 Å². The van der Waals surface area contributed by atoms with Gasteiger partial charge in [-0.25, -0.2) is 0 Å². The fraction of sp³-hybridized carbons (Fsp3) is 0.583. The van der Waals surface area contributed by atoms with Gasteiger partial charge < -0.3 is 10.3 Å². The molecule has 0 aromatic carbocycles. The van der Waals surface area contributed by atoms with E-state index in [1.807, 2.05) is 24.0 Å². The summed E-state index contributed by atoms with van der Waals surface area (Å²) in [5.41, 5.74) is 6.91. The van der Waals surface area contributed by atoms with E-state index in [4.69, 9.17) is 5.73 Å². The van der Waals surface area contributed by atoms with Gasteiger partial charge >= 0.3 is 0 Å². The molecule has 2 aromatic heterocycles. The molecule has 0 spiro atoms. The molecule has 2 N–H and O–H groups in total. The van der Waals surface area contributed by atoms with Crippen LogP contribution in [0.25, 0.3) is 0 Å². The van der Waals surface area contributed by atoms with E-state index >= 15 is 0 Å². The lowest BCUT2D eigenvalue weighted by molar-refractivity contribution is 0.526. The maximum atomic E-state index is 5.68. The predicted molar refractivity (Wildman–Crippen MR) is 75.9 cm³/mol. The van der Waals surface area contributed by atoms with Crippen molar-refractivity contribution in [3.05, 3.63) is 23.8 Å². The third-order valence-electron chi connectivity index (χ3n) is 2.95. The zero-order valence-electron chi connectivity index (χ0n) is 11.6. The van der Waals surface area contributed by atoms with E-state index in [1.165, 1.54) is 5.69 Å². The smallest absolute Gasteiger partial charge is 0.191 e. The molecular weight excluding hydrogens is 260 g/mol. The Kier molecular flexibility index (Phi) is 4.60. The van der Waals surface area contributed by atoms with E-state index in [0.717, 1.165) is 23.2 Å². The average Bonchev–Trinajstić information content (AvgIpc) is 2.96. The summed E-state index contributed by atoms with van der Waals surface area (Å²) >= 11 is 1.71. The third-order valence-corrected chi connectivity index (χ3v) is 3.89. The maximum Gasteiger partial charge on any atom is 0.191 e. The van der Waals surface area contributed by atoms with Gasteiger partial charge in [0.05, 0.1) is 6.54 Å². The molecule has 19 heavy (non-hydrogen) atoms. The van der Waals surface area contributed by atoms with Crippen LogP contribution in [0.1, 0.15) is 31.4 Å². The zero-order valence-corrected chi connectivity index (χ0v) is 12.4. The molecule has 6 nitrogen and oxygen atoms in total. The van der Waals surface area contributed by atoms with Crippen LogP contribution in [0.3, 0.4) is 0 Å². The fourth-order valence-electron chi connectivity index (χ4n) is 1.96. The van der Waals surface area contributed by atoms with Crippen molar-refractivity contribution < 1.29 is 0 Å². The molecular formula is C12H20N6S. The third kappa shape index (κ3) is 3.16. The van der Waals surface area contributed by atoms with E-state index in [1.54, 1.807) is 11.8 Å². The average molecular weight is 280 g/mol. The first kappa shape index (κ1) is 14.1. The first-order chi connectivity index (χ1) is 9.13. The van der Waals surface area contributed by atoms with Crippen molar-refractivity contribution in [3.63, 3.8) is 0 Å². The SMILES string of the molecule is CC(C)n1c(CN)nnc1SCCc1ccnn1C. The number of aromatic nitrogens is 5. The highest BCUT2D eigenvalue weighted by molar-refractivity contribution is 7.99. The second kappa shape index (κ2) is 6.21. The fourth-order valence-corrected chi connectivity index (χ4v) is 3.00. The topological polar surface area (TPSA) is 74.6 Å². The van der Waals surface area contributed by atoms with Crippen molar-refractivity contribution in [1.29, 1.82) is 0 Å². The largest absolute Gasteiger partial charge is 0.324 e. The second-order valence-electron chi connectivity index (χ2n) is 4.61. The molecule has 2 aromatic rings. The summed E-state index contributed by atoms with van der Waals surface area (Å²) in [6.07, 6.45) is 2.78. The summed E-state index contributed by atoms with van der Waals surface area (Å²) in [7, 11) is 1.96. The van der Waals surface area contributed by atoms with Crippen molar-refractivity contribution in [2.45, 2.75) is 38.0 Å². The molecule has 0 radical (unpaired) electrons. The van der Waals surface area contributed by atoms with E-state index in [2.05, 4.69) is 33.7 Å². The van der Waals surface area contributed by atoms with E-state index in [0.29, 0.717) is 12.6 Å². The van der Waals surface area contributed by atoms with Crippen LogP contribution in [0.15, 0.2) is 17.4 Å². The first-order valence-corrected chi connectivity index (χ1v) is 7.35. The van der Waals surface area contributed by atoms with E-state index < -0.39 is 0 Å². The lowest BCUT2D eigenvalue weighted by atomic mass is 10.3. The summed E-state index contributed by atoms with van der Waals surface area (Å²) in [6.45, 7) is 4.66. The van der Waals surface area contributed by atoms with Crippen molar-refractivity contribution in [2.24, 2.45) is 12.8 Å². The van der Waals surface area contributed by atoms with Crippen molar-refractivity contribution in [2.75, 3.05) is 5.75 Å². The van der Waals surface area contributed by atoms with Crippen molar-refractivity contribution >= 4 is 11.8 Å². The van der Waals surface area contributed by atoms with Crippen LogP contribution < -0.4 is 5.73 Å². The number of rotatable bonds is 6. The normalized spacial score (nSPS) is 11.4. The number of aryl methyl sites for hydroxylation is 2. The van der Waals surface area contributed by atoms with E-state index in [-0.39, 0.29) is 0 Å². The molecule has 2 rings (SSSR count). The van der Waals surface area contributed by atoms with Crippen LogP contribution in [0.5, 0.6) is 0 Å². The quantitative estimate of drug-likeness (QED) is 0.809. The highest BCUT2D eigenvalue weighted by Crippen LogP contribution is 2.22. The first-order valence-electron chi connectivity index (χ1n) is 6.37. The van der Waals surface area contributed by atoms with Gasteiger partial charge in [0.25, 0.3) is 0 Å². The van der Waals surface area contributed by atoms with Gasteiger partial charge in [-0.1, -0.05) is 11.8 Å². The summed E-state index contributed by atoms with van der Waals surface area (Å²) in [5, 5.41) is 13.5. The van der Waals surface area contributed by atoms with Gasteiger partial charge in [0, 0.05) is 30.7 Å². The van der Waals surface area contributed by atoms with Crippen LogP contribution in [0.4, 0.5) is 0 Å². The van der Waals surface area contributed by atoms with Gasteiger partial charge in [-0.15, -0.1) is 10.2 Å². The predicted octanol–water partition coefficient (Wildman–Crippen LogP) is 1.39. The molecule has 0 aliphatic carbocycles. The molecule has 0 fully saturated rings. The summed E-state index contributed by atoms with van der Waals surface area (Å²) in [6, 6.07) is 2.37. The molecule has 0 saturated carbocycles. The number of hydrogen-bond donors (Lipinski definition) is 1. The Balaban J connectivity index is 2.00. The van der Waals surface area contributed by atoms with E-state index in [9.17, 15) is 0 Å². The number of hydrogen-bond acceptors (Lipinski definition) is 5. The van der Waals surface area contributed by atoms with Gasteiger partial charge in [-0.05, 0) is 26.3 Å². The Hall–Kier alpha value is -1.34. The van der Waals surface area contributed by atoms with Crippen LogP contribution in [0.2, 0.25) is 0 Å². The molecule has 0 bridgehead atoms. The minimum atomic E-state index is 0.327. The number of thioether (sulfide) groups is 1. The Morgan fingerprint density at radius 2 is 2.16 bits per heavy atom. The minimum Gasteiger partial charge on any atom is -0.324 e. The second-order valence-corrected chi connectivity index (χ2v) is 5.67. The molecule has 104 valence electrons. The Morgan fingerprint density at radius 1 is 1.37 bits per heavy atom. The lowest BCUT2D eigenvalue weighted by Crippen LogP contribution is -2.11. The van der Waals surface area contributed by atoms with Crippen molar-refractivity contribution in [1.82, 2.24) is 24.5 Å². The zero-order chi connectivity index (χ0) is 13.8. The molecule has 2 heterocycles. The summed E-state index contributed by atoms with van der Waals surface area (Å²) in [4.78, 5) is 0. The minimum absolute atomic E-state index is 0.327. The van der Waals surface area contributed by atoms with Crippen LogP contribution in [-0.4, -0.2) is 30.3 Å². The van der Waals surface area contributed by atoms with Crippen LogP contribution in [-0.2, 0) is 20.0 Å². The van der Waals surface area contributed by atoms with Crippen LogP contribution >= 0.6 is 11.8 Å².